The van der Waals surface area contributed by atoms with E-state index in [4.69, 9.17) is 21.1 Å². The van der Waals surface area contributed by atoms with Crippen LogP contribution in [-0.4, -0.2) is 29.2 Å². The third kappa shape index (κ3) is 5.66. The monoisotopic (exact) mass is 490 g/mol. The van der Waals surface area contributed by atoms with Gasteiger partial charge in [-0.05, 0) is 68.8 Å². The molecule has 7 heteroatoms. The van der Waals surface area contributed by atoms with Gasteiger partial charge in [-0.2, -0.15) is 0 Å². The maximum Gasteiger partial charge on any atom is 0.355 e. The fraction of sp³-hybridized carbons (Fsp3) is 0.214. The first kappa shape index (κ1) is 24.4. The summed E-state index contributed by atoms with van der Waals surface area (Å²) in [5.74, 6) is -0.873. The summed E-state index contributed by atoms with van der Waals surface area (Å²) < 4.78 is 12.5. The zero-order chi connectivity index (χ0) is 25.2. The lowest BCUT2D eigenvalue weighted by Gasteiger charge is -2.20. The van der Waals surface area contributed by atoms with Crippen molar-refractivity contribution in [2.75, 3.05) is 12.4 Å². The number of benzene rings is 3. The molecule has 0 aliphatic heterocycles. The molecule has 0 bridgehead atoms. The van der Waals surface area contributed by atoms with Crippen LogP contribution in [0.1, 0.15) is 47.2 Å². The van der Waals surface area contributed by atoms with Crippen LogP contribution in [0.5, 0.6) is 0 Å². The molecule has 0 unspecified atom stereocenters. The third-order valence-corrected chi connectivity index (χ3v) is 5.59. The van der Waals surface area contributed by atoms with Gasteiger partial charge in [0.25, 0.3) is 0 Å². The van der Waals surface area contributed by atoms with Gasteiger partial charge < -0.3 is 19.4 Å². The predicted molar refractivity (Wildman–Crippen MR) is 139 cm³/mol. The Bertz CT molecular complexity index is 1390. The van der Waals surface area contributed by atoms with Crippen molar-refractivity contribution < 1.29 is 19.1 Å². The van der Waals surface area contributed by atoms with Gasteiger partial charge in [-0.1, -0.05) is 41.9 Å². The number of carbonyl (C=O) groups is 2. The SMILES string of the molecule is COC(=O)c1cc(Cl)ccc1Nc1ccc2c(c1)cc(C(=O)OC(C)(C)C)n2Cc1ccccc1. The molecule has 0 aliphatic carbocycles. The molecular weight excluding hydrogens is 464 g/mol. The van der Waals surface area contributed by atoms with Crippen LogP contribution in [0.25, 0.3) is 10.9 Å². The van der Waals surface area contributed by atoms with Gasteiger partial charge in [0, 0.05) is 28.2 Å². The Labute approximate surface area is 209 Å². The molecule has 35 heavy (non-hydrogen) atoms. The Morgan fingerprint density at radius 2 is 1.69 bits per heavy atom. The predicted octanol–water partition coefficient (Wildman–Crippen LogP) is 6.83. The van der Waals surface area contributed by atoms with E-state index in [-0.39, 0.29) is 5.97 Å². The zero-order valence-electron chi connectivity index (χ0n) is 20.1. The normalized spacial score (nSPS) is 11.3. The molecular formula is C28H27ClN2O4. The Kier molecular flexibility index (Phi) is 6.85. The summed E-state index contributed by atoms with van der Waals surface area (Å²) in [6.07, 6.45) is 0. The summed E-state index contributed by atoms with van der Waals surface area (Å²) in [6, 6.07) is 22.6. The molecule has 0 saturated heterocycles. The molecule has 180 valence electrons. The molecule has 0 atom stereocenters. The van der Waals surface area contributed by atoms with Crippen LogP contribution in [0.3, 0.4) is 0 Å². The molecule has 0 saturated carbocycles. The molecule has 3 aromatic carbocycles. The number of methoxy groups -OCH3 is 1. The van der Waals surface area contributed by atoms with Gasteiger partial charge in [0.1, 0.15) is 11.3 Å². The van der Waals surface area contributed by atoms with Crippen LogP contribution >= 0.6 is 11.6 Å². The van der Waals surface area contributed by atoms with Gasteiger partial charge in [-0.15, -0.1) is 0 Å². The third-order valence-electron chi connectivity index (χ3n) is 5.36. The summed E-state index contributed by atoms with van der Waals surface area (Å²) in [6.45, 7) is 6.07. The number of fused-ring (bicyclic) bond motifs is 1. The molecule has 0 amide bonds. The highest BCUT2D eigenvalue weighted by Gasteiger charge is 2.23. The van der Waals surface area contributed by atoms with Crippen molar-refractivity contribution in [1.29, 1.82) is 0 Å². The van der Waals surface area contributed by atoms with E-state index in [1.807, 2.05) is 79.9 Å². The van der Waals surface area contributed by atoms with Crippen LogP contribution in [0.2, 0.25) is 5.02 Å². The second kappa shape index (κ2) is 9.84. The Morgan fingerprint density at radius 1 is 0.943 bits per heavy atom. The van der Waals surface area contributed by atoms with Crippen molar-refractivity contribution in [2.24, 2.45) is 0 Å². The number of hydrogen-bond acceptors (Lipinski definition) is 5. The number of rotatable bonds is 6. The van der Waals surface area contributed by atoms with Gasteiger partial charge in [0.05, 0.1) is 18.4 Å². The number of anilines is 2. The fourth-order valence-electron chi connectivity index (χ4n) is 3.84. The molecule has 1 heterocycles. The summed E-state index contributed by atoms with van der Waals surface area (Å²) in [4.78, 5) is 25.3. The van der Waals surface area contributed by atoms with Crippen LogP contribution in [0.15, 0.2) is 72.8 Å². The highest BCUT2D eigenvalue weighted by atomic mass is 35.5. The van der Waals surface area contributed by atoms with E-state index in [0.29, 0.717) is 28.5 Å². The van der Waals surface area contributed by atoms with Crippen molar-refractivity contribution in [3.63, 3.8) is 0 Å². The molecule has 0 radical (unpaired) electrons. The molecule has 0 fully saturated rings. The minimum absolute atomic E-state index is 0.330. The van der Waals surface area contributed by atoms with Crippen molar-refractivity contribution in [3.8, 4) is 0 Å². The minimum Gasteiger partial charge on any atom is -0.465 e. The van der Waals surface area contributed by atoms with Crippen molar-refractivity contribution in [2.45, 2.75) is 32.9 Å². The van der Waals surface area contributed by atoms with E-state index in [0.717, 1.165) is 22.2 Å². The van der Waals surface area contributed by atoms with Crippen LogP contribution in [0, 0.1) is 0 Å². The second-order valence-electron chi connectivity index (χ2n) is 9.18. The van der Waals surface area contributed by atoms with Gasteiger partial charge >= 0.3 is 11.9 Å². The number of esters is 2. The number of ether oxygens (including phenoxy) is 2. The van der Waals surface area contributed by atoms with Gasteiger partial charge in [0.2, 0.25) is 0 Å². The van der Waals surface area contributed by atoms with E-state index in [9.17, 15) is 9.59 Å². The first-order valence-corrected chi connectivity index (χ1v) is 11.6. The van der Waals surface area contributed by atoms with E-state index in [1.54, 1.807) is 18.2 Å². The first-order chi connectivity index (χ1) is 16.6. The minimum atomic E-state index is -0.614. The number of aromatic nitrogens is 1. The van der Waals surface area contributed by atoms with Crippen LogP contribution in [0.4, 0.5) is 11.4 Å². The topological polar surface area (TPSA) is 69.6 Å². The van der Waals surface area contributed by atoms with Crippen molar-refractivity contribution in [3.05, 3.63) is 94.6 Å². The van der Waals surface area contributed by atoms with E-state index < -0.39 is 11.6 Å². The summed E-state index contributed by atoms with van der Waals surface area (Å²) >= 11 is 6.08. The molecule has 6 nitrogen and oxygen atoms in total. The largest absolute Gasteiger partial charge is 0.465 e. The number of carbonyl (C=O) groups excluding carboxylic acids is 2. The lowest BCUT2D eigenvalue weighted by atomic mass is 10.1. The van der Waals surface area contributed by atoms with E-state index in [1.165, 1.54) is 7.11 Å². The average molecular weight is 491 g/mol. The molecule has 4 aromatic rings. The van der Waals surface area contributed by atoms with Gasteiger partial charge in [-0.3, -0.25) is 0 Å². The number of nitrogens with one attached hydrogen (secondary N) is 1. The lowest BCUT2D eigenvalue weighted by molar-refractivity contribution is 0.00585. The molecule has 1 aromatic heterocycles. The Balaban J connectivity index is 1.75. The lowest BCUT2D eigenvalue weighted by Crippen LogP contribution is -2.25. The Hall–Kier alpha value is -3.77. The zero-order valence-corrected chi connectivity index (χ0v) is 20.8. The molecule has 1 N–H and O–H groups in total. The standard InChI is InChI=1S/C28H27ClN2O4/c1-28(2,3)35-27(33)25-15-19-14-21(30-23-12-10-20(29)16-22(23)26(32)34-4)11-13-24(19)31(25)17-18-8-6-5-7-9-18/h5-16,30H,17H2,1-4H3. The molecule has 0 aliphatic rings. The Morgan fingerprint density at radius 3 is 2.37 bits per heavy atom. The van der Waals surface area contributed by atoms with Gasteiger partial charge in [0.15, 0.2) is 0 Å². The highest BCUT2D eigenvalue weighted by molar-refractivity contribution is 6.31. The van der Waals surface area contributed by atoms with Crippen molar-refractivity contribution >= 4 is 45.8 Å². The number of hydrogen-bond donors (Lipinski definition) is 1. The summed E-state index contributed by atoms with van der Waals surface area (Å²) in [5, 5.41) is 4.57. The summed E-state index contributed by atoms with van der Waals surface area (Å²) in [7, 11) is 1.33. The smallest absolute Gasteiger partial charge is 0.355 e. The first-order valence-electron chi connectivity index (χ1n) is 11.2. The maximum atomic E-state index is 13.1. The maximum absolute atomic E-state index is 13.1. The average Bonchev–Trinajstić information content (AvgIpc) is 3.17. The number of nitrogens with zero attached hydrogens (tertiary/aromatic N) is 1. The highest BCUT2D eigenvalue weighted by Crippen LogP contribution is 2.30. The van der Waals surface area contributed by atoms with Crippen LogP contribution in [-0.2, 0) is 16.0 Å². The number of halogens is 1. The van der Waals surface area contributed by atoms with E-state index in [2.05, 4.69) is 5.32 Å². The molecule has 0 spiro atoms. The van der Waals surface area contributed by atoms with Crippen molar-refractivity contribution in [1.82, 2.24) is 4.57 Å². The van der Waals surface area contributed by atoms with Gasteiger partial charge in [-0.25, -0.2) is 9.59 Å². The van der Waals surface area contributed by atoms with Crippen LogP contribution < -0.4 is 5.32 Å². The summed E-state index contributed by atoms with van der Waals surface area (Å²) in [5.41, 5.74) is 3.46. The van der Waals surface area contributed by atoms with E-state index >= 15 is 0 Å². The second-order valence-corrected chi connectivity index (χ2v) is 9.62. The molecule has 4 rings (SSSR count). The fourth-order valence-corrected chi connectivity index (χ4v) is 4.02. The quantitative estimate of drug-likeness (QED) is 0.300.